The van der Waals surface area contributed by atoms with Gasteiger partial charge in [-0.3, -0.25) is 9.35 Å². The highest BCUT2D eigenvalue weighted by Gasteiger charge is 2.30. The Labute approximate surface area is 178 Å². The summed E-state index contributed by atoms with van der Waals surface area (Å²) in [6, 6.07) is 13.6. The molecule has 0 aliphatic carbocycles. The molecule has 0 saturated carbocycles. The number of phenolic OH excluding ortho intramolecular Hbond substituents is 1. The molecule has 0 atom stereocenters. The van der Waals surface area contributed by atoms with Gasteiger partial charge in [-0.2, -0.15) is 8.42 Å². The normalized spacial score (nSPS) is 12.1. The summed E-state index contributed by atoms with van der Waals surface area (Å²) in [6.07, 6.45) is 0. The van der Waals surface area contributed by atoms with Crippen LogP contribution in [0.2, 0.25) is 0 Å². The minimum atomic E-state index is -4.56. The molecule has 3 aromatic carbocycles. The zero-order chi connectivity index (χ0) is 22.1. The largest absolute Gasteiger partial charge is 0.507 e. The predicted molar refractivity (Wildman–Crippen MR) is 113 cm³/mol. The summed E-state index contributed by atoms with van der Waals surface area (Å²) >= 11 is 5.61. The van der Waals surface area contributed by atoms with Gasteiger partial charge in [0.05, 0.1) is 16.3 Å². The monoisotopic (exact) mass is 469 g/mol. The van der Waals surface area contributed by atoms with Crippen LogP contribution in [0.1, 0.15) is 10.4 Å². The fourth-order valence-electron chi connectivity index (χ4n) is 2.87. The first kappa shape index (κ1) is 22.0. The number of hydrogen-bond donors (Lipinski definition) is 2. The second kappa shape index (κ2) is 8.23. The molecule has 0 heterocycles. The number of fused-ring (bicyclic) bond motifs is 1. The first-order valence-corrected chi connectivity index (χ1v) is 12.1. The summed E-state index contributed by atoms with van der Waals surface area (Å²) < 4.78 is 58.1. The molecule has 3 aromatic rings. The molecule has 0 radical (unpaired) electrons. The summed E-state index contributed by atoms with van der Waals surface area (Å²) in [4.78, 5) is 12.5. The third-order valence-corrected chi connectivity index (χ3v) is 7.14. The number of sulfonamides is 1. The molecule has 2 N–H and O–H groups in total. The highest BCUT2D eigenvalue weighted by molar-refractivity contribution is 7.93. The van der Waals surface area contributed by atoms with E-state index in [1.54, 1.807) is 18.2 Å². The molecule has 0 spiro atoms. The van der Waals surface area contributed by atoms with Gasteiger partial charge in [-0.15, -0.1) is 11.6 Å². The van der Waals surface area contributed by atoms with Crippen molar-refractivity contribution in [2.45, 2.75) is 4.90 Å². The first-order valence-electron chi connectivity index (χ1n) is 8.47. The van der Waals surface area contributed by atoms with Crippen molar-refractivity contribution in [3.63, 3.8) is 0 Å². The summed E-state index contributed by atoms with van der Waals surface area (Å²) in [7, 11) is -8.71. The van der Waals surface area contributed by atoms with Crippen LogP contribution in [-0.2, 0) is 20.1 Å². The second-order valence-electron chi connectivity index (χ2n) is 6.26. The molecule has 0 aromatic heterocycles. The minimum absolute atomic E-state index is 0.0589. The summed E-state index contributed by atoms with van der Waals surface area (Å²) in [5.74, 6) is -2.06. The van der Waals surface area contributed by atoms with Crippen LogP contribution in [0.25, 0.3) is 10.8 Å². The van der Waals surface area contributed by atoms with E-state index in [4.69, 9.17) is 11.6 Å². The highest BCUT2D eigenvalue weighted by Crippen LogP contribution is 2.33. The highest BCUT2D eigenvalue weighted by atomic mass is 35.5. The standard InChI is InChI=1S/C19H16ClNO7S2/c20-8-9-29(24,25)21(19(23)13-4-2-1-3-5-13)15-7-6-14-10-16(30(26,27)28)12-18(22)17(14)11-15/h1-7,10-12,22H,8-9H2,(H,26,27,28). The molecular formula is C19H16ClNO7S2. The topological polar surface area (TPSA) is 129 Å². The van der Waals surface area contributed by atoms with Crippen molar-refractivity contribution in [2.24, 2.45) is 0 Å². The Morgan fingerprint density at radius 3 is 2.23 bits per heavy atom. The average Bonchev–Trinajstić information content (AvgIpc) is 2.68. The minimum Gasteiger partial charge on any atom is -0.507 e. The molecule has 1 amide bonds. The molecule has 0 bridgehead atoms. The predicted octanol–water partition coefficient (Wildman–Crippen LogP) is 3.01. The number of nitrogens with zero attached hydrogens (tertiary/aromatic N) is 1. The number of carbonyl (C=O) groups excluding carboxylic acids is 1. The first-order chi connectivity index (χ1) is 14.0. The maximum atomic E-state index is 13.0. The Kier molecular flexibility index (Phi) is 6.04. The average molecular weight is 470 g/mol. The number of benzene rings is 3. The van der Waals surface area contributed by atoms with Crippen molar-refractivity contribution in [2.75, 3.05) is 15.9 Å². The third-order valence-electron chi connectivity index (χ3n) is 4.24. The van der Waals surface area contributed by atoms with E-state index in [1.165, 1.54) is 30.3 Å². The molecule has 0 aliphatic heterocycles. The van der Waals surface area contributed by atoms with Crippen molar-refractivity contribution in [3.05, 3.63) is 66.2 Å². The van der Waals surface area contributed by atoms with Crippen LogP contribution in [0, 0.1) is 0 Å². The van der Waals surface area contributed by atoms with Crippen LogP contribution in [0.4, 0.5) is 5.69 Å². The van der Waals surface area contributed by atoms with Crippen molar-refractivity contribution >= 4 is 54.1 Å². The number of aromatic hydroxyl groups is 1. The molecule has 0 fully saturated rings. The number of carbonyl (C=O) groups is 1. The van der Waals surface area contributed by atoms with E-state index in [0.717, 1.165) is 12.1 Å². The number of halogens is 1. The third kappa shape index (κ3) is 4.41. The van der Waals surface area contributed by atoms with Crippen LogP contribution < -0.4 is 4.31 Å². The molecule has 0 unspecified atom stereocenters. The second-order valence-corrected chi connectivity index (χ2v) is 10.0. The molecule has 0 saturated heterocycles. The number of rotatable bonds is 6. The summed E-state index contributed by atoms with van der Waals surface area (Å²) in [5, 5.41) is 10.5. The Morgan fingerprint density at radius 2 is 1.63 bits per heavy atom. The van der Waals surface area contributed by atoms with Crippen molar-refractivity contribution < 1.29 is 31.3 Å². The lowest BCUT2D eigenvalue weighted by Gasteiger charge is -2.23. The zero-order valence-electron chi connectivity index (χ0n) is 15.3. The van der Waals surface area contributed by atoms with E-state index in [2.05, 4.69) is 0 Å². The Morgan fingerprint density at radius 1 is 0.967 bits per heavy atom. The molecule has 0 aliphatic rings. The number of anilines is 1. The van der Waals surface area contributed by atoms with Gasteiger partial charge in [-0.1, -0.05) is 24.3 Å². The molecule has 8 nitrogen and oxygen atoms in total. The van der Waals surface area contributed by atoms with E-state index in [1.807, 2.05) is 0 Å². The van der Waals surface area contributed by atoms with Gasteiger partial charge in [-0.25, -0.2) is 12.7 Å². The van der Waals surface area contributed by atoms with Crippen molar-refractivity contribution in [1.82, 2.24) is 0 Å². The van der Waals surface area contributed by atoms with Crippen LogP contribution in [0.3, 0.4) is 0 Å². The fourth-order valence-corrected chi connectivity index (χ4v) is 5.16. The Hall–Kier alpha value is -2.66. The van der Waals surface area contributed by atoms with Gasteiger partial charge in [0.15, 0.2) is 0 Å². The van der Waals surface area contributed by atoms with E-state index in [0.29, 0.717) is 4.31 Å². The van der Waals surface area contributed by atoms with E-state index >= 15 is 0 Å². The van der Waals surface area contributed by atoms with E-state index in [-0.39, 0.29) is 27.9 Å². The molecule has 3 rings (SSSR count). The van der Waals surface area contributed by atoms with E-state index in [9.17, 15) is 31.3 Å². The number of amides is 1. The lowest BCUT2D eigenvalue weighted by atomic mass is 10.1. The quantitative estimate of drug-likeness (QED) is 0.419. The fraction of sp³-hybridized carbons (Fsp3) is 0.105. The van der Waals surface area contributed by atoms with Crippen molar-refractivity contribution in [3.8, 4) is 5.75 Å². The van der Waals surface area contributed by atoms with E-state index < -0.39 is 42.4 Å². The van der Waals surface area contributed by atoms with Crippen LogP contribution in [0.5, 0.6) is 5.75 Å². The van der Waals surface area contributed by atoms with Gasteiger partial charge < -0.3 is 5.11 Å². The van der Waals surface area contributed by atoms with Gasteiger partial charge in [0.25, 0.3) is 16.0 Å². The number of phenols is 1. The summed E-state index contributed by atoms with van der Waals surface area (Å²) in [6.45, 7) is 0. The zero-order valence-corrected chi connectivity index (χ0v) is 17.7. The molecule has 30 heavy (non-hydrogen) atoms. The maximum Gasteiger partial charge on any atom is 0.294 e. The van der Waals surface area contributed by atoms with Crippen LogP contribution in [0.15, 0.2) is 65.6 Å². The Balaban J connectivity index is 2.21. The van der Waals surface area contributed by atoms with Gasteiger partial charge in [-0.05, 0) is 35.7 Å². The van der Waals surface area contributed by atoms with Gasteiger partial charge in [0, 0.05) is 22.9 Å². The number of alkyl halides is 1. The Bertz CT molecular complexity index is 1320. The lowest BCUT2D eigenvalue weighted by molar-refractivity contribution is 0.101. The maximum absolute atomic E-state index is 13.0. The van der Waals surface area contributed by atoms with Crippen molar-refractivity contribution in [1.29, 1.82) is 0 Å². The molecule has 158 valence electrons. The lowest BCUT2D eigenvalue weighted by Crippen LogP contribution is -2.39. The van der Waals surface area contributed by atoms with Gasteiger partial charge in [0.2, 0.25) is 10.0 Å². The smallest absolute Gasteiger partial charge is 0.294 e. The van der Waals surface area contributed by atoms with Crippen LogP contribution >= 0.6 is 11.6 Å². The summed E-state index contributed by atoms with van der Waals surface area (Å²) in [5.41, 5.74) is 0.0677. The number of hydrogen-bond acceptors (Lipinski definition) is 6. The van der Waals surface area contributed by atoms with Gasteiger partial charge >= 0.3 is 0 Å². The van der Waals surface area contributed by atoms with Crippen LogP contribution in [-0.4, -0.2) is 44.0 Å². The molecule has 11 heteroatoms. The van der Waals surface area contributed by atoms with Gasteiger partial charge in [0.1, 0.15) is 5.75 Å². The molecular weight excluding hydrogens is 454 g/mol. The SMILES string of the molecule is O=C(c1ccccc1)N(c1ccc2cc(S(=O)(=O)O)cc(O)c2c1)S(=O)(=O)CCCl.